The van der Waals surface area contributed by atoms with E-state index in [1.54, 1.807) is 0 Å². The van der Waals surface area contributed by atoms with Crippen LogP contribution >= 0.6 is 0 Å². The van der Waals surface area contributed by atoms with Crippen LogP contribution in [0.15, 0.2) is 0 Å². The van der Waals surface area contributed by atoms with Crippen LogP contribution in [0.5, 0.6) is 0 Å². The summed E-state index contributed by atoms with van der Waals surface area (Å²) in [6.45, 7) is 12.0. The molecule has 118 valence electrons. The normalized spacial score (nSPS) is 35.1. The van der Waals surface area contributed by atoms with E-state index in [9.17, 15) is 0 Å². The van der Waals surface area contributed by atoms with Gasteiger partial charge in [0, 0.05) is 24.7 Å². The predicted octanol–water partition coefficient (Wildman–Crippen LogP) is 4.05. The van der Waals surface area contributed by atoms with Crippen molar-refractivity contribution in [2.24, 2.45) is 11.8 Å². The second-order valence-corrected chi connectivity index (χ2v) is 7.16. The Hall–Kier alpha value is -0.0800. The van der Waals surface area contributed by atoms with Crippen molar-refractivity contribution in [3.63, 3.8) is 0 Å². The van der Waals surface area contributed by atoms with Crippen molar-refractivity contribution in [1.82, 2.24) is 10.2 Å². The molecule has 1 saturated heterocycles. The minimum absolute atomic E-state index is 0.732. The van der Waals surface area contributed by atoms with Crippen LogP contribution in [0.25, 0.3) is 0 Å². The quantitative estimate of drug-likeness (QED) is 0.817. The molecule has 2 aliphatic rings. The fourth-order valence-corrected chi connectivity index (χ4v) is 4.77. The third-order valence-corrected chi connectivity index (χ3v) is 6.12. The topological polar surface area (TPSA) is 15.3 Å². The smallest absolute Gasteiger partial charge is 0.0124 e. The van der Waals surface area contributed by atoms with Crippen LogP contribution in [0.3, 0.4) is 0 Å². The van der Waals surface area contributed by atoms with Crippen molar-refractivity contribution in [2.45, 2.75) is 90.8 Å². The highest BCUT2D eigenvalue weighted by Crippen LogP contribution is 2.35. The van der Waals surface area contributed by atoms with Crippen molar-refractivity contribution >= 4 is 0 Å². The van der Waals surface area contributed by atoms with Gasteiger partial charge in [-0.3, -0.25) is 4.90 Å². The third kappa shape index (κ3) is 3.57. The van der Waals surface area contributed by atoms with Gasteiger partial charge in [0.2, 0.25) is 0 Å². The Morgan fingerprint density at radius 1 is 1.05 bits per heavy atom. The molecule has 0 bridgehead atoms. The molecule has 1 N–H and O–H groups in total. The molecule has 0 aromatic rings. The highest BCUT2D eigenvalue weighted by atomic mass is 15.2. The Morgan fingerprint density at radius 3 is 2.35 bits per heavy atom. The molecule has 2 fully saturated rings. The second-order valence-electron chi connectivity index (χ2n) is 7.16. The summed E-state index contributed by atoms with van der Waals surface area (Å²) in [5.74, 6) is 1.75. The Morgan fingerprint density at radius 2 is 1.75 bits per heavy atom. The lowest BCUT2D eigenvalue weighted by molar-refractivity contribution is 0.0133. The maximum atomic E-state index is 3.70. The Kier molecular flexibility index (Phi) is 6.35. The SMILES string of the molecule is CCNC1CCN(C(CC)C2CCCCC2)C(C)C1C. The summed E-state index contributed by atoms with van der Waals surface area (Å²) in [7, 11) is 0. The van der Waals surface area contributed by atoms with E-state index in [-0.39, 0.29) is 0 Å². The molecule has 4 unspecified atom stereocenters. The van der Waals surface area contributed by atoms with Crippen LogP contribution in [0, 0.1) is 11.8 Å². The average molecular weight is 280 g/mol. The number of hydrogen-bond donors (Lipinski definition) is 1. The molecule has 0 aromatic heterocycles. The van der Waals surface area contributed by atoms with Crippen molar-refractivity contribution in [3.8, 4) is 0 Å². The summed E-state index contributed by atoms with van der Waals surface area (Å²) >= 11 is 0. The molecular formula is C18H36N2. The van der Waals surface area contributed by atoms with Crippen molar-refractivity contribution in [2.75, 3.05) is 13.1 Å². The minimum Gasteiger partial charge on any atom is -0.314 e. The molecule has 0 spiro atoms. The van der Waals surface area contributed by atoms with E-state index in [0.717, 1.165) is 36.5 Å². The van der Waals surface area contributed by atoms with Gasteiger partial charge in [0.05, 0.1) is 0 Å². The van der Waals surface area contributed by atoms with Gasteiger partial charge in [-0.25, -0.2) is 0 Å². The Labute approximate surface area is 126 Å². The van der Waals surface area contributed by atoms with Crippen LogP contribution in [0.1, 0.15) is 72.6 Å². The number of nitrogens with zero attached hydrogens (tertiary/aromatic N) is 1. The first-order valence-electron chi connectivity index (χ1n) is 9.18. The van der Waals surface area contributed by atoms with Crippen LogP contribution in [0.4, 0.5) is 0 Å². The highest BCUT2D eigenvalue weighted by molar-refractivity contribution is 4.93. The van der Waals surface area contributed by atoms with E-state index in [1.165, 1.54) is 51.5 Å². The first kappa shape index (κ1) is 16.3. The van der Waals surface area contributed by atoms with Crippen molar-refractivity contribution in [1.29, 1.82) is 0 Å². The summed E-state index contributed by atoms with van der Waals surface area (Å²) in [4.78, 5) is 2.87. The summed E-state index contributed by atoms with van der Waals surface area (Å²) in [6.07, 6.45) is 10.1. The van der Waals surface area contributed by atoms with Gasteiger partial charge in [0.25, 0.3) is 0 Å². The van der Waals surface area contributed by atoms with E-state index in [1.807, 2.05) is 0 Å². The molecule has 0 radical (unpaired) electrons. The zero-order valence-electron chi connectivity index (χ0n) is 14.2. The van der Waals surface area contributed by atoms with Gasteiger partial charge in [0.1, 0.15) is 0 Å². The molecule has 20 heavy (non-hydrogen) atoms. The predicted molar refractivity (Wildman–Crippen MR) is 88.1 cm³/mol. The zero-order valence-corrected chi connectivity index (χ0v) is 14.2. The molecular weight excluding hydrogens is 244 g/mol. The van der Waals surface area contributed by atoms with Gasteiger partial charge >= 0.3 is 0 Å². The fourth-order valence-electron chi connectivity index (χ4n) is 4.77. The molecule has 4 atom stereocenters. The van der Waals surface area contributed by atoms with Crippen LogP contribution in [0.2, 0.25) is 0 Å². The summed E-state index contributed by atoms with van der Waals surface area (Å²) in [5, 5.41) is 3.70. The summed E-state index contributed by atoms with van der Waals surface area (Å²) in [5.41, 5.74) is 0. The van der Waals surface area contributed by atoms with E-state index < -0.39 is 0 Å². The Bertz CT molecular complexity index is 273. The van der Waals surface area contributed by atoms with Crippen LogP contribution in [-0.2, 0) is 0 Å². The monoisotopic (exact) mass is 280 g/mol. The molecule has 1 heterocycles. The van der Waals surface area contributed by atoms with Gasteiger partial charge in [-0.2, -0.15) is 0 Å². The third-order valence-electron chi connectivity index (χ3n) is 6.12. The second kappa shape index (κ2) is 7.79. The first-order valence-corrected chi connectivity index (χ1v) is 9.18. The maximum absolute atomic E-state index is 3.70. The van der Waals surface area contributed by atoms with E-state index in [4.69, 9.17) is 0 Å². The zero-order chi connectivity index (χ0) is 14.5. The van der Waals surface area contributed by atoms with Crippen LogP contribution < -0.4 is 5.32 Å². The number of nitrogens with one attached hydrogen (secondary N) is 1. The molecule has 0 amide bonds. The largest absolute Gasteiger partial charge is 0.314 e. The maximum Gasteiger partial charge on any atom is 0.0124 e. The lowest BCUT2D eigenvalue weighted by Gasteiger charge is -2.49. The highest BCUT2D eigenvalue weighted by Gasteiger charge is 2.37. The number of piperidine rings is 1. The van der Waals surface area contributed by atoms with E-state index in [0.29, 0.717) is 0 Å². The summed E-state index contributed by atoms with van der Waals surface area (Å²) in [6, 6.07) is 2.31. The first-order chi connectivity index (χ1) is 9.69. The summed E-state index contributed by atoms with van der Waals surface area (Å²) < 4.78 is 0. The van der Waals surface area contributed by atoms with Gasteiger partial charge in [-0.05, 0) is 51.0 Å². The minimum atomic E-state index is 0.732. The van der Waals surface area contributed by atoms with Gasteiger partial charge in [-0.15, -0.1) is 0 Å². The van der Waals surface area contributed by atoms with Crippen molar-refractivity contribution < 1.29 is 0 Å². The molecule has 0 aromatic carbocycles. The average Bonchev–Trinajstić information content (AvgIpc) is 2.48. The fraction of sp³-hybridized carbons (Fsp3) is 1.00. The molecule has 2 heteroatoms. The number of rotatable bonds is 5. The van der Waals surface area contributed by atoms with Crippen LogP contribution in [-0.4, -0.2) is 36.1 Å². The van der Waals surface area contributed by atoms with E-state index >= 15 is 0 Å². The molecule has 2 rings (SSSR count). The Balaban J connectivity index is 1.99. The number of hydrogen-bond acceptors (Lipinski definition) is 2. The lowest BCUT2D eigenvalue weighted by Crippen LogP contribution is -2.57. The molecule has 1 saturated carbocycles. The van der Waals surface area contributed by atoms with E-state index in [2.05, 4.69) is 37.9 Å². The standard InChI is InChI=1S/C18H36N2/c1-5-18(16-10-8-7-9-11-16)20-13-12-17(19-6-2)14(3)15(20)4/h14-19H,5-13H2,1-4H3. The lowest BCUT2D eigenvalue weighted by atomic mass is 9.79. The molecule has 2 nitrogen and oxygen atoms in total. The number of likely N-dealkylation sites (tertiary alicyclic amines) is 1. The van der Waals surface area contributed by atoms with Crippen molar-refractivity contribution in [3.05, 3.63) is 0 Å². The van der Waals surface area contributed by atoms with Gasteiger partial charge < -0.3 is 5.32 Å². The van der Waals surface area contributed by atoms with Gasteiger partial charge in [-0.1, -0.05) is 40.0 Å². The van der Waals surface area contributed by atoms with Gasteiger partial charge in [0.15, 0.2) is 0 Å². The molecule has 1 aliphatic heterocycles. The molecule has 1 aliphatic carbocycles.